The molecule has 194 valence electrons. The van der Waals surface area contributed by atoms with Gasteiger partial charge in [0.25, 0.3) is 0 Å². The predicted octanol–water partition coefficient (Wildman–Crippen LogP) is 7.99. The summed E-state index contributed by atoms with van der Waals surface area (Å²) in [5.74, 6) is -2.31. The van der Waals surface area contributed by atoms with Crippen LogP contribution in [0.25, 0.3) is 0 Å². The minimum atomic E-state index is -0.665. The standard InChI is InChI=1S/C31H19F3O3S2/c32-20-3-11-24(12-4-20)39(25-13-5-21(33)6-14-25)26-15-9-23(10-16-26)38-30-18-29(36)27(17-28(30)34)31(37)19-1-7-22(35)8-2-19/h1-18H,(H-,35,36,37)/p+1. The van der Waals surface area contributed by atoms with E-state index in [0.29, 0.717) is 4.90 Å². The molecule has 5 aromatic rings. The van der Waals surface area contributed by atoms with Crippen molar-refractivity contribution in [2.24, 2.45) is 0 Å². The van der Waals surface area contributed by atoms with E-state index in [1.54, 1.807) is 36.4 Å². The number of phenols is 2. The molecule has 0 amide bonds. The molecular weight excluding hydrogens is 541 g/mol. The minimum Gasteiger partial charge on any atom is -0.508 e. The third-order valence-corrected chi connectivity index (χ3v) is 9.08. The van der Waals surface area contributed by atoms with Crippen molar-refractivity contribution < 1.29 is 28.2 Å². The average molecular weight is 562 g/mol. The van der Waals surface area contributed by atoms with Crippen LogP contribution in [0.15, 0.2) is 134 Å². The molecule has 2 N–H and O–H groups in total. The first-order valence-corrected chi connectivity index (χ1v) is 13.7. The lowest BCUT2D eigenvalue weighted by Crippen LogP contribution is -2.05. The van der Waals surface area contributed by atoms with Crippen molar-refractivity contribution in [2.45, 2.75) is 24.5 Å². The number of carbonyl (C=O) groups excluding carboxylic acids is 1. The van der Waals surface area contributed by atoms with Crippen LogP contribution in [0, 0.1) is 17.5 Å². The second kappa shape index (κ2) is 11.3. The van der Waals surface area contributed by atoms with Crippen LogP contribution in [-0.4, -0.2) is 16.0 Å². The minimum absolute atomic E-state index is 0.0121. The van der Waals surface area contributed by atoms with Crippen LogP contribution in [-0.2, 0) is 10.9 Å². The molecular formula is C31H20F3O3S2+. The lowest BCUT2D eigenvalue weighted by Gasteiger charge is -2.10. The predicted molar refractivity (Wildman–Crippen MR) is 145 cm³/mol. The van der Waals surface area contributed by atoms with Gasteiger partial charge in [0.15, 0.2) is 20.5 Å². The molecule has 0 heterocycles. The highest BCUT2D eigenvalue weighted by Gasteiger charge is 2.29. The third kappa shape index (κ3) is 5.97. The molecule has 0 fully saturated rings. The van der Waals surface area contributed by atoms with E-state index in [1.165, 1.54) is 54.6 Å². The Morgan fingerprint density at radius 2 is 1.13 bits per heavy atom. The first-order valence-electron chi connectivity index (χ1n) is 11.7. The number of phenolic OH excluding ortho intramolecular Hbond substituents is 2. The molecule has 0 saturated carbocycles. The highest BCUT2D eigenvalue weighted by atomic mass is 32.2. The highest BCUT2D eigenvalue weighted by Crippen LogP contribution is 2.37. The normalized spacial score (nSPS) is 11.1. The summed E-state index contributed by atoms with van der Waals surface area (Å²) in [6, 6.07) is 27.4. The van der Waals surface area contributed by atoms with Crippen molar-refractivity contribution in [3.8, 4) is 11.5 Å². The molecule has 0 radical (unpaired) electrons. The Bertz CT molecular complexity index is 1580. The second-order valence-electron chi connectivity index (χ2n) is 8.46. The van der Waals surface area contributed by atoms with Gasteiger partial charge in [-0.25, -0.2) is 13.2 Å². The van der Waals surface area contributed by atoms with Crippen LogP contribution < -0.4 is 0 Å². The Labute approximate surface area is 229 Å². The molecule has 0 saturated heterocycles. The molecule has 0 aromatic heterocycles. The first kappa shape index (κ1) is 26.5. The van der Waals surface area contributed by atoms with Gasteiger partial charge in [0.05, 0.1) is 21.4 Å². The number of halogens is 3. The van der Waals surface area contributed by atoms with Crippen LogP contribution in [0.1, 0.15) is 15.9 Å². The zero-order valence-electron chi connectivity index (χ0n) is 20.1. The lowest BCUT2D eigenvalue weighted by atomic mass is 10.0. The SMILES string of the molecule is O=C(c1ccc(O)cc1)c1cc(F)c(Sc2ccc([S+](c3ccc(F)cc3)c3ccc(F)cc3)cc2)cc1O. The summed E-state index contributed by atoms with van der Waals surface area (Å²) in [6.07, 6.45) is 0. The Kier molecular flexibility index (Phi) is 7.67. The Balaban J connectivity index is 1.41. The van der Waals surface area contributed by atoms with Crippen LogP contribution >= 0.6 is 11.8 Å². The van der Waals surface area contributed by atoms with Crippen molar-refractivity contribution in [3.63, 3.8) is 0 Å². The fourth-order valence-electron chi connectivity index (χ4n) is 3.89. The molecule has 8 heteroatoms. The zero-order valence-corrected chi connectivity index (χ0v) is 21.8. The van der Waals surface area contributed by atoms with Crippen LogP contribution in [0.4, 0.5) is 13.2 Å². The van der Waals surface area contributed by atoms with E-state index in [0.717, 1.165) is 32.5 Å². The van der Waals surface area contributed by atoms with Crippen molar-refractivity contribution in [2.75, 3.05) is 0 Å². The number of carbonyl (C=O) groups is 1. The molecule has 0 atom stereocenters. The Morgan fingerprint density at radius 3 is 1.64 bits per heavy atom. The van der Waals surface area contributed by atoms with Crippen molar-refractivity contribution in [3.05, 3.63) is 138 Å². The number of aromatic hydroxyl groups is 2. The van der Waals surface area contributed by atoms with Gasteiger partial charge in [0.2, 0.25) is 0 Å². The van der Waals surface area contributed by atoms with Crippen LogP contribution in [0.3, 0.4) is 0 Å². The highest BCUT2D eigenvalue weighted by molar-refractivity contribution is 7.99. The largest absolute Gasteiger partial charge is 0.508 e. The quantitative estimate of drug-likeness (QED) is 0.156. The first-order chi connectivity index (χ1) is 18.8. The molecule has 0 aliphatic carbocycles. The molecule has 0 bridgehead atoms. The van der Waals surface area contributed by atoms with Gasteiger partial charge in [-0.15, -0.1) is 0 Å². The molecule has 5 rings (SSSR count). The number of benzene rings is 5. The topological polar surface area (TPSA) is 57.5 Å². The molecule has 0 aliphatic heterocycles. The van der Waals surface area contributed by atoms with Crippen LogP contribution in [0.5, 0.6) is 11.5 Å². The van der Waals surface area contributed by atoms with E-state index in [2.05, 4.69) is 0 Å². The maximum Gasteiger partial charge on any atom is 0.196 e. The number of hydrogen-bond donors (Lipinski definition) is 2. The summed E-state index contributed by atoms with van der Waals surface area (Å²) in [6.45, 7) is 0. The van der Waals surface area contributed by atoms with Gasteiger partial charge in [0, 0.05) is 10.5 Å². The summed E-state index contributed by atoms with van der Waals surface area (Å²) >= 11 is 1.09. The van der Waals surface area contributed by atoms with E-state index < -0.39 is 22.5 Å². The third-order valence-electron chi connectivity index (χ3n) is 5.81. The smallest absolute Gasteiger partial charge is 0.196 e. The Hall–Kier alpha value is -4.14. The maximum atomic E-state index is 15.0. The van der Waals surface area contributed by atoms with Gasteiger partial charge in [-0.05, 0) is 109 Å². The van der Waals surface area contributed by atoms with E-state index in [9.17, 15) is 28.2 Å². The number of ketones is 1. The fraction of sp³-hybridized carbons (Fsp3) is 0. The van der Waals surface area contributed by atoms with Gasteiger partial charge < -0.3 is 10.2 Å². The summed E-state index contributed by atoms with van der Waals surface area (Å²) in [5, 5.41) is 19.9. The van der Waals surface area contributed by atoms with Gasteiger partial charge in [-0.3, -0.25) is 4.79 Å². The molecule has 3 nitrogen and oxygen atoms in total. The van der Waals surface area contributed by atoms with Crippen molar-refractivity contribution >= 4 is 28.4 Å². The average Bonchev–Trinajstić information content (AvgIpc) is 2.94. The summed E-state index contributed by atoms with van der Waals surface area (Å²) < 4.78 is 42.1. The zero-order chi connectivity index (χ0) is 27.5. The molecule has 5 aromatic carbocycles. The molecule has 0 unspecified atom stereocenters. The summed E-state index contributed by atoms with van der Waals surface area (Å²) in [4.78, 5) is 16.2. The monoisotopic (exact) mass is 561 g/mol. The number of hydrogen-bond acceptors (Lipinski definition) is 4. The van der Waals surface area contributed by atoms with Gasteiger partial charge in [0.1, 0.15) is 29.0 Å². The molecule has 0 aliphatic rings. The fourth-order valence-corrected chi connectivity index (χ4v) is 6.79. The number of rotatable bonds is 7. The maximum absolute atomic E-state index is 15.0. The second-order valence-corrected chi connectivity index (χ2v) is 11.6. The summed E-state index contributed by atoms with van der Waals surface area (Å²) in [5.41, 5.74) is 0.0247. The van der Waals surface area contributed by atoms with Crippen molar-refractivity contribution in [1.82, 2.24) is 0 Å². The Morgan fingerprint density at radius 1 is 0.641 bits per heavy atom. The van der Waals surface area contributed by atoms with Gasteiger partial charge in [-0.2, -0.15) is 0 Å². The summed E-state index contributed by atoms with van der Waals surface area (Å²) in [7, 11) is -0.632. The van der Waals surface area contributed by atoms with Crippen LogP contribution in [0.2, 0.25) is 0 Å². The van der Waals surface area contributed by atoms with E-state index >= 15 is 0 Å². The van der Waals surface area contributed by atoms with E-state index in [-0.39, 0.29) is 39.2 Å². The molecule has 39 heavy (non-hydrogen) atoms. The van der Waals surface area contributed by atoms with Gasteiger partial charge in [-0.1, -0.05) is 11.8 Å². The molecule has 0 spiro atoms. The van der Waals surface area contributed by atoms with Gasteiger partial charge >= 0.3 is 0 Å². The van der Waals surface area contributed by atoms with E-state index in [4.69, 9.17) is 0 Å². The van der Waals surface area contributed by atoms with Crippen molar-refractivity contribution in [1.29, 1.82) is 0 Å². The lowest BCUT2D eigenvalue weighted by molar-refractivity contribution is 0.103. The van der Waals surface area contributed by atoms with E-state index in [1.807, 2.05) is 12.1 Å².